The van der Waals surface area contributed by atoms with E-state index in [0.29, 0.717) is 12.4 Å². The Hall–Kier alpha value is -4.84. The van der Waals surface area contributed by atoms with Crippen molar-refractivity contribution in [1.82, 2.24) is 19.7 Å². The third kappa shape index (κ3) is 3.79. The molecule has 9 heteroatoms. The number of nitrogens with one attached hydrogen (secondary N) is 1. The monoisotopic (exact) mass is 478 g/mol. The molecule has 2 aromatic heterocycles. The standard InChI is InChI=1S/C27H22N6O3/c1-15(2)14-32-26(35)20-9-8-17(11-21(20)27(32)36)25(34)31-24-18(12-28)13-29-33(24)23-10-16(3)19-6-4-5-7-22(19)30-23/h4-11,13,15H,14H2,1-3H3,(H,31,34). The molecule has 0 saturated carbocycles. The first-order valence-corrected chi connectivity index (χ1v) is 11.4. The molecule has 0 atom stereocenters. The van der Waals surface area contributed by atoms with Crippen molar-refractivity contribution in [3.63, 3.8) is 0 Å². The Labute approximate surface area is 207 Å². The lowest BCUT2D eigenvalue weighted by Crippen LogP contribution is -2.33. The van der Waals surface area contributed by atoms with Crippen LogP contribution in [0.15, 0.2) is 54.7 Å². The van der Waals surface area contributed by atoms with Crippen LogP contribution in [0, 0.1) is 24.2 Å². The van der Waals surface area contributed by atoms with E-state index in [-0.39, 0.29) is 39.9 Å². The summed E-state index contributed by atoms with van der Waals surface area (Å²) in [5, 5.41) is 17.6. The number of rotatable bonds is 5. The summed E-state index contributed by atoms with van der Waals surface area (Å²) in [4.78, 5) is 44.5. The van der Waals surface area contributed by atoms with Crippen LogP contribution in [0.1, 0.15) is 56.0 Å². The topological polar surface area (TPSA) is 121 Å². The van der Waals surface area contributed by atoms with Gasteiger partial charge in [-0.3, -0.25) is 19.3 Å². The zero-order valence-corrected chi connectivity index (χ0v) is 19.9. The second kappa shape index (κ2) is 8.74. The van der Waals surface area contributed by atoms with E-state index in [1.165, 1.54) is 34.0 Å². The summed E-state index contributed by atoms with van der Waals surface area (Å²) in [6.45, 7) is 6.09. The van der Waals surface area contributed by atoms with Gasteiger partial charge in [0.05, 0.1) is 22.8 Å². The molecule has 1 N–H and O–H groups in total. The van der Waals surface area contributed by atoms with Crippen molar-refractivity contribution in [2.24, 2.45) is 5.92 Å². The lowest BCUT2D eigenvalue weighted by atomic mass is 10.1. The zero-order valence-electron chi connectivity index (χ0n) is 19.9. The fraction of sp³-hybridized carbons (Fsp3) is 0.185. The van der Waals surface area contributed by atoms with Gasteiger partial charge >= 0.3 is 0 Å². The first-order valence-electron chi connectivity index (χ1n) is 11.4. The minimum Gasteiger partial charge on any atom is -0.305 e. The van der Waals surface area contributed by atoms with Crippen LogP contribution in [-0.2, 0) is 0 Å². The number of nitrogens with zero attached hydrogens (tertiary/aromatic N) is 5. The van der Waals surface area contributed by atoms with E-state index in [1.807, 2.05) is 57.2 Å². The number of carbonyl (C=O) groups excluding carboxylic acids is 3. The predicted octanol–water partition coefficient (Wildman–Crippen LogP) is 4.10. The molecule has 2 aromatic carbocycles. The van der Waals surface area contributed by atoms with Crippen LogP contribution in [0.25, 0.3) is 16.7 Å². The highest BCUT2D eigenvalue weighted by molar-refractivity contribution is 6.22. The van der Waals surface area contributed by atoms with Gasteiger partial charge in [0.25, 0.3) is 17.7 Å². The Balaban J connectivity index is 1.49. The number of benzene rings is 2. The number of pyridine rings is 1. The highest BCUT2D eigenvalue weighted by atomic mass is 16.2. The molecular weight excluding hydrogens is 456 g/mol. The smallest absolute Gasteiger partial charge is 0.261 e. The van der Waals surface area contributed by atoms with Gasteiger partial charge in [-0.15, -0.1) is 0 Å². The Morgan fingerprint density at radius 3 is 2.58 bits per heavy atom. The minimum atomic E-state index is -0.545. The van der Waals surface area contributed by atoms with E-state index in [4.69, 9.17) is 0 Å². The molecule has 36 heavy (non-hydrogen) atoms. The van der Waals surface area contributed by atoms with Crippen molar-refractivity contribution < 1.29 is 14.4 Å². The molecule has 4 aromatic rings. The number of para-hydroxylation sites is 1. The fourth-order valence-electron chi connectivity index (χ4n) is 4.31. The van der Waals surface area contributed by atoms with Crippen molar-refractivity contribution in [2.75, 3.05) is 11.9 Å². The summed E-state index contributed by atoms with van der Waals surface area (Å²) >= 11 is 0. The third-order valence-corrected chi connectivity index (χ3v) is 6.03. The third-order valence-electron chi connectivity index (χ3n) is 6.03. The molecule has 5 rings (SSSR count). The molecule has 0 fully saturated rings. The summed E-state index contributed by atoms with van der Waals surface area (Å²) < 4.78 is 1.41. The molecule has 3 amide bonds. The van der Waals surface area contributed by atoms with E-state index in [2.05, 4.69) is 15.4 Å². The first kappa shape index (κ1) is 22.9. The van der Waals surface area contributed by atoms with Gasteiger partial charge in [0.1, 0.15) is 11.6 Å². The summed E-state index contributed by atoms with van der Waals surface area (Å²) in [6.07, 6.45) is 1.36. The lowest BCUT2D eigenvalue weighted by Gasteiger charge is -2.15. The van der Waals surface area contributed by atoms with E-state index in [9.17, 15) is 19.6 Å². The largest absolute Gasteiger partial charge is 0.305 e. The summed E-state index contributed by atoms with van der Waals surface area (Å²) in [5.74, 6) is -0.602. The SMILES string of the molecule is Cc1cc(-n2ncc(C#N)c2NC(=O)c2ccc3c(c2)C(=O)N(CC(C)C)C3=O)nc2ccccc12. The van der Waals surface area contributed by atoms with Crippen LogP contribution in [0.3, 0.4) is 0 Å². The van der Waals surface area contributed by atoms with Crippen LogP contribution in [0.5, 0.6) is 0 Å². The van der Waals surface area contributed by atoms with Crippen LogP contribution in [0.4, 0.5) is 5.82 Å². The Morgan fingerprint density at radius 2 is 1.83 bits per heavy atom. The second-order valence-electron chi connectivity index (χ2n) is 9.07. The molecule has 0 saturated heterocycles. The average Bonchev–Trinajstić information content (AvgIpc) is 3.37. The molecule has 1 aliphatic heterocycles. The molecule has 0 unspecified atom stereocenters. The van der Waals surface area contributed by atoms with Gasteiger partial charge in [0.15, 0.2) is 11.6 Å². The second-order valence-corrected chi connectivity index (χ2v) is 9.07. The zero-order chi connectivity index (χ0) is 25.6. The number of anilines is 1. The van der Waals surface area contributed by atoms with Crippen molar-refractivity contribution >= 4 is 34.4 Å². The van der Waals surface area contributed by atoms with Gasteiger partial charge in [-0.1, -0.05) is 32.0 Å². The average molecular weight is 479 g/mol. The number of hydrogen-bond donors (Lipinski definition) is 1. The molecule has 0 aliphatic carbocycles. The number of aromatic nitrogens is 3. The van der Waals surface area contributed by atoms with E-state index in [0.717, 1.165) is 16.5 Å². The summed E-state index contributed by atoms with van der Waals surface area (Å²) in [5.41, 5.74) is 2.53. The van der Waals surface area contributed by atoms with Gasteiger partial charge in [-0.25, -0.2) is 4.98 Å². The van der Waals surface area contributed by atoms with E-state index >= 15 is 0 Å². The van der Waals surface area contributed by atoms with Gasteiger partial charge < -0.3 is 5.32 Å². The van der Waals surface area contributed by atoms with Gasteiger partial charge in [-0.2, -0.15) is 15.0 Å². The quantitative estimate of drug-likeness (QED) is 0.431. The van der Waals surface area contributed by atoms with Crippen molar-refractivity contribution in [3.8, 4) is 11.9 Å². The molecule has 178 valence electrons. The molecule has 0 spiro atoms. The van der Waals surface area contributed by atoms with Gasteiger partial charge in [-0.05, 0) is 48.7 Å². The van der Waals surface area contributed by atoms with E-state index in [1.54, 1.807) is 0 Å². The highest BCUT2D eigenvalue weighted by Gasteiger charge is 2.36. The molecule has 0 bridgehead atoms. The van der Waals surface area contributed by atoms with Gasteiger partial charge in [0.2, 0.25) is 0 Å². The molecule has 1 aliphatic rings. The molecule has 9 nitrogen and oxygen atoms in total. The maximum absolute atomic E-state index is 13.2. The number of carbonyl (C=O) groups is 3. The minimum absolute atomic E-state index is 0.118. The highest BCUT2D eigenvalue weighted by Crippen LogP contribution is 2.27. The maximum atomic E-state index is 13.2. The normalized spacial score (nSPS) is 12.8. The Bertz CT molecular complexity index is 1610. The molecule has 0 radical (unpaired) electrons. The number of aryl methyl sites for hydroxylation is 1. The summed E-state index contributed by atoms with van der Waals surface area (Å²) in [7, 11) is 0. The first-order chi connectivity index (χ1) is 17.3. The number of fused-ring (bicyclic) bond motifs is 2. The summed E-state index contributed by atoms with van der Waals surface area (Å²) in [6, 6.07) is 15.9. The van der Waals surface area contributed by atoms with E-state index < -0.39 is 11.8 Å². The molecule has 3 heterocycles. The Kier molecular flexibility index (Phi) is 5.57. The number of imide groups is 1. The van der Waals surface area contributed by atoms with Crippen molar-refractivity contribution in [3.05, 3.63) is 82.5 Å². The number of amides is 3. The van der Waals surface area contributed by atoms with Crippen LogP contribution < -0.4 is 5.32 Å². The maximum Gasteiger partial charge on any atom is 0.261 e. The van der Waals surface area contributed by atoms with Gasteiger partial charge in [0, 0.05) is 17.5 Å². The predicted molar refractivity (Wildman–Crippen MR) is 133 cm³/mol. The van der Waals surface area contributed by atoms with Crippen LogP contribution in [0.2, 0.25) is 0 Å². The lowest BCUT2D eigenvalue weighted by molar-refractivity contribution is 0.0636. The van der Waals surface area contributed by atoms with Crippen molar-refractivity contribution in [2.45, 2.75) is 20.8 Å². The molecular formula is C27H22N6O3. The fourth-order valence-corrected chi connectivity index (χ4v) is 4.31. The Morgan fingerprint density at radius 1 is 1.08 bits per heavy atom. The van der Waals surface area contributed by atoms with Crippen LogP contribution in [-0.4, -0.2) is 43.9 Å². The number of hydrogen-bond acceptors (Lipinski definition) is 6. The number of nitriles is 1. The van der Waals surface area contributed by atoms with Crippen LogP contribution >= 0.6 is 0 Å². The van der Waals surface area contributed by atoms with Crippen molar-refractivity contribution in [1.29, 1.82) is 5.26 Å².